The fraction of sp³-hybridized carbons (Fsp3) is 0.0811. The number of nitrogens with one attached hydrogen (secondary N) is 1. The molecule has 0 bridgehead atoms. The number of carbonyl (C=O) groups is 3. The maximum Gasteiger partial charge on any atom is 0.338 e. The number of ether oxygens (including phenoxy) is 1. The maximum atomic E-state index is 14.0. The third-order valence-corrected chi connectivity index (χ3v) is 7.73. The minimum absolute atomic E-state index is 0.0280. The number of hydrogen-bond donors (Lipinski definition) is 1. The first-order valence-corrected chi connectivity index (χ1v) is 14.9. The van der Waals surface area contributed by atoms with Gasteiger partial charge in [0.1, 0.15) is 5.57 Å². The SMILES string of the molecule is CCOC(=O)c1ccc(-n2c(-c3ccccc3)cc(/C=C3\C(=O)NC(=S)N(c4cccc(C)c4)C3=O)c2-c2ccccc2)cc1. The lowest BCUT2D eigenvalue weighted by atomic mass is 10.0. The average Bonchev–Trinajstić information content (AvgIpc) is 3.43. The Morgan fingerprint density at radius 2 is 1.49 bits per heavy atom. The number of aryl methyl sites for hydroxylation is 1. The number of hydrogen-bond acceptors (Lipinski definition) is 5. The summed E-state index contributed by atoms with van der Waals surface area (Å²) in [5, 5.41) is 2.73. The van der Waals surface area contributed by atoms with E-state index in [2.05, 4.69) is 9.88 Å². The van der Waals surface area contributed by atoms with Crippen LogP contribution < -0.4 is 10.2 Å². The fourth-order valence-corrected chi connectivity index (χ4v) is 5.68. The van der Waals surface area contributed by atoms with Crippen molar-refractivity contribution in [1.29, 1.82) is 0 Å². The lowest BCUT2D eigenvalue weighted by molar-refractivity contribution is -0.122. The van der Waals surface area contributed by atoms with Crippen molar-refractivity contribution in [1.82, 2.24) is 9.88 Å². The van der Waals surface area contributed by atoms with Crippen LogP contribution in [-0.4, -0.2) is 34.1 Å². The van der Waals surface area contributed by atoms with Crippen LogP contribution in [0.4, 0.5) is 5.69 Å². The van der Waals surface area contributed by atoms with Gasteiger partial charge < -0.3 is 9.30 Å². The van der Waals surface area contributed by atoms with Crippen LogP contribution in [0.15, 0.2) is 121 Å². The van der Waals surface area contributed by atoms with Crippen molar-refractivity contribution in [3.8, 4) is 28.2 Å². The monoisotopic (exact) mass is 611 g/mol. The molecule has 0 saturated carbocycles. The Morgan fingerprint density at radius 1 is 0.822 bits per heavy atom. The molecule has 0 unspecified atom stereocenters. The zero-order valence-corrected chi connectivity index (χ0v) is 25.5. The van der Waals surface area contributed by atoms with E-state index in [-0.39, 0.29) is 17.3 Å². The van der Waals surface area contributed by atoms with Gasteiger partial charge in [-0.1, -0.05) is 72.8 Å². The predicted octanol–water partition coefficient (Wildman–Crippen LogP) is 7.13. The van der Waals surface area contributed by atoms with Crippen LogP contribution in [0.25, 0.3) is 34.3 Å². The maximum absolute atomic E-state index is 14.0. The average molecular weight is 612 g/mol. The molecule has 0 aliphatic carbocycles. The van der Waals surface area contributed by atoms with Gasteiger partial charge in [-0.25, -0.2) is 4.79 Å². The van der Waals surface area contributed by atoms with Crippen LogP contribution in [0.5, 0.6) is 0 Å². The molecule has 1 aliphatic heterocycles. The molecule has 0 spiro atoms. The van der Waals surface area contributed by atoms with Gasteiger partial charge in [0, 0.05) is 11.3 Å². The second-order valence-electron chi connectivity index (χ2n) is 10.5. The van der Waals surface area contributed by atoms with Crippen LogP contribution in [0.3, 0.4) is 0 Å². The number of anilines is 1. The van der Waals surface area contributed by atoms with Crippen molar-refractivity contribution in [2.45, 2.75) is 13.8 Å². The van der Waals surface area contributed by atoms with Gasteiger partial charge in [-0.15, -0.1) is 0 Å². The lowest BCUT2D eigenvalue weighted by Gasteiger charge is -2.29. The summed E-state index contributed by atoms with van der Waals surface area (Å²) in [6.45, 7) is 3.98. The van der Waals surface area contributed by atoms with Gasteiger partial charge in [0.2, 0.25) is 0 Å². The summed E-state index contributed by atoms with van der Waals surface area (Å²) in [4.78, 5) is 41.0. The molecule has 6 rings (SSSR count). The van der Waals surface area contributed by atoms with Gasteiger partial charge in [0.05, 0.1) is 29.2 Å². The van der Waals surface area contributed by atoms with Crippen molar-refractivity contribution >= 4 is 46.9 Å². The van der Waals surface area contributed by atoms with Gasteiger partial charge in [-0.05, 0) is 91.3 Å². The van der Waals surface area contributed by atoms with E-state index in [0.29, 0.717) is 16.8 Å². The van der Waals surface area contributed by atoms with Gasteiger partial charge in [-0.2, -0.15) is 0 Å². The van der Waals surface area contributed by atoms with Crippen molar-refractivity contribution in [2.75, 3.05) is 11.5 Å². The normalized spacial score (nSPS) is 14.0. The van der Waals surface area contributed by atoms with E-state index >= 15 is 0 Å². The highest BCUT2D eigenvalue weighted by Crippen LogP contribution is 2.38. The Morgan fingerprint density at radius 3 is 2.13 bits per heavy atom. The van der Waals surface area contributed by atoms with Crippen LogP contribution in [-0.2, 0) is 14.3 Å². The topological polar surface area (TPSA) is 80.6 Å². The van der Waals surface area contributed by atoms with Crippen LogP contribution in [0, 0.1) is 6.92 Å². The molecule has 5 aromatic rings. The highest BCUT2D eigenvalue weighted by atomic mass is 32.1. The smallest absolute Gasteiger partial charge is 0.338 e. The van der Waals surface area contributed by atoms with Crippen molar-refractivity contribution < 1.29 is 19.1 Å². The van der Waals surface area contributed by atoms with Crippen LogP contribution >= 0.6 is 12.2 Å². The molecule has 1 N–H and O–H groups in total. The number of rotatable bonds is 7. The number of amides is 2. The van der Waals surface area contributed by atoms with Crippen LogP contribution in [0.2, 0.25) is 0 Å². The largest absolute Gasteiger partial charge is 0.462 e. The van der Waals surface area contributed by atoms with E-state index in [1.54, 1.807) is 31.2 Å². The van der Waals surface area contributed by atoms with E-state index in [9.17, 15) is 14.4 Å². The van der Waals surface area contributed by atoms with Crippen molar-refractivity contribution in [3.05, 3.63) is 138 Å². The molecular weight excluding hydrogens is 582 g/mol. The molecule has 2 amide bonds. The summed E-state index contributed by atoms with van der Waals surface area (Å²) in [5.74, 6) is -1.48. The Balaban J connectivity index is 1.57. The molecule has 0 atom stereocenters. The number of nitrogens with zero attached hydrogens (tertiary/aromatic N) is 2. The molecule has 1 aliphatic rings. The minimum Gasteiger partial charge on any atom is -0.462 e. The molecule has 1 fully saturated rings. The Hall–Kier alpha value is -5.60. The van der Waals surface area contributed by atoms with Gasteiger partial charge >= 0.3 is 5.97 Å². The first kappa shape index (κ1) is 29.5. The number of carbonyl (C=O) groups excluding carboxylic acids is 3. The van der Waals surface area contributed by atoms with E-state index in [1.807, 2.05) is 104 Å². The molecule has 4 aromatic carbocycles. The summed E-state index contributed by atoms with van der Waals surface area (Å²) in [7, 11) is 0. The molecule has 1 saturated heterocycles. The van der Waals surface area contributed by atoms with E-state index in [0.717, 1.165) is 33.8 Å². The van der Waals surface area contributed by atoms with Gasteiger partial charge in [0.15, 0.2) is 5.11 Å². The first-order chi connectivity index (χ1) is 21.9. The first-order valence-electron chi connectivity index (χ1n) is 14.5. The highest BCUT2D eigenvalue weighted by molar-refractivity contribution is 7.80. The number of aromatic nitrogens is 1. The van der Waals surface area contributed by atoms with Crippen molar-refractivity contribution in [3.63, 3.8) is 0 Å². The third kappa shape index (κ3) is 5.83. The standard InChI is InChI=1S/C37H29N3O4S/c1-3-44-36(43)27-17-19-29(20-18-27)39-32(25-12-6-4-7-13-25)23-28(33(39)26-14-8-5-9-15-26)22-31-34(41)38-37(45)40(35(31)42)30-16-10-11-24(2)21-30/h4-23H,3H2,1-2H3,(H,38,41,45)/b31-22+. The second-order valence-corrected chi connectivity index (χ2v) is 10.9. The summed E-state index contributed by atoms with van der Waals surface area (Å²) >= 11 is 5.43. The van der Waals surface area contributed by atoms with Crippen molar-refractivity contribution in [2.24, 2.45) is 0 Å². The quantitative estimate of drug-likeness (QED) is 0.0917. The van der Waals surface area contributed by atoms with E-state index in [1.165, 1.54) is 4.90 Å². The van der Waals surface area contributed by atoms with Crippen LogP contribution in [0.1, 0.15) is 28.4 Å². The molecule has 45 heavy (non-hydrogen) atoms. The number of esters is 1. The van der Waals surface area contributed by atoms with E-state index in [4.69, 9.17) is 17.0 Å². The number of thiocarbonyl (C=S) groups is 1. The Bertz CT molecular complexity index is 1960. The zero-order chi connectivity index (χ0) is 31.5. The summed E-state index contributed by atoms with van der Waals surface area (Å²) < 4.78 is 7.26. The van der Waals surface area contributed by atoms with Gasteiger partial charge in [-0.3, -0.25) is 19.8 Å². The molecule has 0 radical (unpaired) electrons. The number of benzene rings is 4. The predicted molar refractivity (Wildman–Crippen MR) is 180 cm³/mol. The van der Waals surface area contributed by atoms with E-state index < -0.39 is 17.8 Å². The molecule has 8 heteroatoms. The lowest BCUT2D eigenvalue weighted by Crippen LogP contribution is -2.54. The fourth-order valence-electron chi connectivity index (χ4n) is 5.40. The summed E-state index contributed by atoms with van der Waals surface area (Å²) in [5.41, 5.74) is 6.76. The summed E-state index contributed by atoms with van der Waals surface area (Å²) in [6, 6.07) is 36.2. The highest BCUT2D eigenvalue weighted by Gasteiger charge is 2.35. The second kappa shape index (κ2) is 12.6. The Labute approximate surface area is 266 Å². The molecular formula is C37H29N3O4S. The summed E-state index contributed by atoms with van der Waals surface area (Å²) in [6.07, 6.45) is 1.63. The molecule has 7 nitrogen and oxygen atoms in total. The third-order valence-electron chi connectivity index (χ3n) is 7.44. The zero-order valence-electron chi connectivity index (χ0n) is 24.7. The Kier molecular flexibility index (Phi) is 8.22. The minimum atomic E-state index is -0.569. The molecule has 222 valence electrons. The molecule has 2 heterocycles. The van der Waals surface area contributed by atoms with Gasteiger partial charge in [0.25, 0.3) is 11.8 Å². The molecule has 1 aromatic heterocycles.